The van der Waals surface area contributed by atoms with Gasteiger partial charge in [-0.25, -0.2) is 0 Å². The summed E-state index contributed by atoms with van der Waals surface area (Å²) in [5, 5.41) is 2.95. The van der Waals surface area contributed by atoms with Gasteiger partial charge in [0.1, 0.15) is 5.75 Å². The molecule has 1 saturated heterocycles. The molecule has 110 valence electrons. The Morgan fingerprint density at radius 1 is 1.35 bits per heavy atom. The molecule has 1 aliphatic heterocycles. The lowest BCUT2D eigenvalue weighted by atomic mass is 10.0. The van der Waals surface area contributed by atoms with Crippen LogP contribution in [0, 0.1) is 5.92 Å². The van der Waals surface area contributed by atoms with Crippen LogP contribution in [0.15, 0.2) is 24.3 Å². The smallest absolute Gasteiger partial charge is 0.223 e. The first kappa shape index (κ1) is 14.7. The highest BCUT2D eigenvalue weighted by molar-refractivity contribution is 5.76. The summed E-state index contributed by atoms with van der Waals surface area (Å²) in [6.45, 7) is 2.68. The number of rotatable bonds is 6. The van der Waals surface area contributed by atoms with E-state index < -0.39 is 0 Å². The molecule has 20 heavy (non-hydrogen) atoms. The van der Waals surface area contributed by atoms with E-state index in [-0.39, 0.29) is 5.91 Å². The van der Waals surface area contributed by atoms with Crippen molar-refractivity contribution in [2.24, 2.45) is 5.92 Å². The van der Waals surface area contributed by atoms with Crippen LogP contribution in [0.2, 0.25) is 0 Å². The topological polar surface area (TPSA) is 73.6 Å². The molecule has 0 aliphatic carbocycles. The summed E-state index contributed by atoms with van der Waals surface area (Å²) >= 11 is 0. The van der Waals surface area contributed by atoms with E-state index >= 15 is 0 Å². The SMILES string of the molecule is Nc1ccccc1OCCC(=O)NCC1CCOCC1. The summed E-state index contributed by atoms with van der Waals surface area (Å²) < 4.78 is 10.8. The lowest BCUT2D eigenvalue weighted by molar-refractivity contribution is -0.121. The molecule has 0 bridgehead atoms. The Hall–Kier alpha value is -1.75. The van der Waals surface area contributed by atoms with Crippen LogP contribution in [0.1, 0.15) is 19.3 Å². The molecule has 0 aromatic heterocycles. The molecular weight excluding hydrogens is 256 g/mol. The molecular formula is C15H22N2O3. The fourth-order valence-corrected chi connectivity index (χ4v) is 2.16. The third-order valence-electron chi connectivity index (χ3n) is 3.43. The van der Waals surface area contributed by atoms with Crippen molar-refractivity contribution >= 4 is 11.6 Å². The second kappa shape index (κ2) is 7.75. The monoisotopic (exact) mass is 278 g/mol. The van der Waals surface area contributed by atoms with Gasteiger partial charge in [0.05, 0.1) is 18.7 Å². The Labute approximate surface area is 119 Å². The second-order valence-electron chi connectivity index (χ2n) is 5.00. The van der Waals surface area contributed by atoms with E-state index in [0.29, 0.717) is 30.4 Å². The number of anilines is 1. The van der Waals surface area contributed by atoms with Gasteiger partial charge in [0.15, 0.2) is 0 Å². The summed E-state index contributed by atoms with van der Waals surface area (Å²) in [5.41, 5.74) is 6.35. The van der Waals surface area contributed by atoms with Crippen molar-refractivity contribution in [3.05, 3.63) is 24.3 Å². The number of hydrogen-bond acceptors (Lipinski definition) is 4. The van der Waals surface area contributed by atoms with Gasteiger partial charge in [-0.3, -0.25) is 4.79 Å². The summed E-state index contributed by atoms with van der Waals surface area (Å²) in [4.78, 5) is 11.7. The molecule has 0 atom stereocenters. The minimum Gasteiger partial charge on any atom is -0.491 e. The van der Waals surface area contributed by atoms with Crippen molar-refractivity contribution in [3.8, 4) is 5.75 Å². The predicted octanol–water partition coefficient (Wildman–Crippen LogP) is 1.58. The first-order valence-electron chi connectivity index (χ1n) is 7.07. The standard InChI is InChI=1S/C15H22N2O3/c16-13-3-1-2-4-14(13)20-10-7-15(18)17-11-12-5-8-19-9-6-12/h1-4,12H,5-11,16H2,(H,17,18). The van der Waals surface area contributed by atoms with Gasteiger partial charge < -0.3 is 20.5 Å². The Bertz CT molecular complexity index is 431. The van der Waals surface area contributed by atoms with E-state index in [1.54, 1.807) is 12.1 Å². The third-order valence-corrected chi connectivity index (χ3v) is 3.43. The Kier molecular flexibility index (Phi) is 5.68. The number of carbonyl (C=O) groups excluding carboxylic acids is 1. The molecule has 1 fully saturated rings. The number of ether oxygens (including phenoxy) is 2. The molecule has 2 rings (SSSR count). The zero-order valence-electron chi connectivity index (χ0n) is 11.6. The van der Waals surface area contributed by atoms with E-state index in [0.717, 1.165) is 32.6 Å². The van der Waals surface area contributed by atoms with E-state index in [1.165, 1.54) is 0 Å². The first-order valence-corrected chi connectivity index (χ1v) is 7.07. The predicted molar refractivity (Wildman–Crippen MR) is 77.5 cm³/mol. The highest BCUT2D eigenvalue weighted by atomic mass is 16.5. The summed E-state index contributed by atoms with van der Waals surface area (Å²) in [5.74, 6) is 1.19. The number of nitrogen functional groups attached to an aromatic ring is 1. The van der Waals surface area contributed by atoms with Crippen LogP contribution < -0.4 is 15.8 Å². The van der Waals surface area contributed by atoms with Gasteiger partial charge in [0.25, 0.3) is 0 Å². The summed E-state index contributed by atoms with van der Waals surface area (Å²) in [6.07, 6.45) is 2.40. The number of benzene rings is 1. The quantitative estimate of drug-likeness (QED) is 0.775. The Morgan fingerprint density at radius 3 is 2.85 bits per heavy atom. The maximum atomic E-state index is 11.7. The van der Waals surface area contributed by atoms with Crippen LogP contribution in [-0.4, -0.2) is 32.3 Å². The third kappa shape index (κ3) is 4.74. The highest BCUT2D eigenvalue weighted by Gasteiger charge is 2.14. The van der Waals surface area contributed by atoms with Gasteiger partial charge in [0.2, 0.25) is 5.91 Å². The van der Waals surface area contributed by atoms with E-state index in [4.69, 9.17) is 15.2 Å². The van der Waals surface area contributed by atoms with Crippen molar-refractivity contribution < 1.29 is 14.3 Å². The van der Waals surface area contributed by atoms with Crippen molar-refractivity contribution in [1.82, 2.24) is 5.32 Å². The first-order chi connectivity index (χ1) is 9.75. The number of amides is 1. The summed E-state index contributed by atoms with van der Waals surface area (Å²) in [7, 11) is 0. The van der Waals surface area contributed by atoms with Crippen LogP contribution in [-0.2, 0) is 9.53 Å². The van der Waals surface area contributed by atoms with Crippen LogP contribution in [0.5, 0.6) is 5.75 Å². The van der Waals surface area contributed by atoms with Crippen LogP contribution in [0.3, 0.4) is 0 Å². The van der Waals surface area contributed by atoms with Gasteiger partial charge in [-0.15, -0.1) is 0 Å². The Morgan fingerprint density at radius 2 is 2.10 bits per heavy atom. The molecule has 1 aromatic rings. The van der Waals surface area contributed by atoms with Gasteiger partial charge in [0, 0.05) is 19.8 Å². The van der Waals surface area contributed by atoms with Crippen molar-refractivity contribution in [1.29, 1.82) is 0 Å². The molecule has 1 aromatic carbocycles. The normalized spacial score (nSPS) is 15.8. The van der Waals surface area contributed by atoms with Crippen molar-refractivity contribution in [2.45, 2.75) is 19.3 Å². The number of nitrogens with one attached hydrogen (secondary N) is 1. The minimum atomic E-state index is 0.0194. The average Bonchev–Trinajstić information content (AvgIpc) is 2.48. The lowest BCUT2D eigenvalue weighted by Gasteiger charge is -2.22. The number of carbonyl (C=O) groups is 1. The van der Waals surface area contributed by atoms with E-state index in [2.05, 4.69) is 5.32 Å². The highest BCUT2D eigenvalue weighted by Crippen LogP contribution is 2.19. The summed E-state index contributed by atoms with van der Waals surface area (Å²) in [6, 6.07) is 7.29. The molecule has 0 saturated carbocycles. The van der Waals surface area contributed by atoms with Crippen molar-refractivity contribution in [3.63, 3.8) is 0 Å². The van der Waals surface area contributed by atoms with Gasteiger partial charge in [-0.2, -0.15) is 0 Å². The molecule has 5 heteroatoms. The average molecular weight is 278 g/mol. The fraction of sp³-hybridized carbons (Fsp3) is 0.533. The van der Waals surface area contributed by atoms with Gasteiger partial charge in [-0.1, -0.05) is 12.1 Å². The zero-order valence-corrected chi connectivity index (χ0v) is 11.6. The molecule has 0 radical (unpaired) electrons. The number of hydrogen-bond donors (Lipinski definition) is 2. The maximum Gasteiger partial charge on any atom is 0.223 e. The fourth-order valence-electron chi connectivity index (χ4n) is 2.16. The van der Waals surface area contributed by atoms with Crippen LogP contribution in [0.4, 0.5) is 5.69 Å². The lowest BCUT2D eigenvalue weighted by Crippen LogP contribution is -2.32. The van der Waals surface area contributed by atoms with E-state index in [9.17, 15) is 4.79 Å². The number of nitrogens with two attached hydrogens (primary N) is 1. The molecule has 5 nitrogen and oxygen atoms in total. The molecule has 0 unspecified atom stereocenters. The number of para-hydroxylation sites is 2. The van der Waals surface area contributed by atoms with Crippen molar-refractivity contribution in [2.75, 3.05) is 32.1 Å². The molecule has 1 aliphatic rings. The Balaban J connectivity index is 1.61. The largest absolute Gasteiger partial charge is 0.491 e. The molecule has 1 heterocycles. The maximum absolute atomic E-state index is 11.7. The molecule has 0 spiro atoms. The zero-order chi connectivity index (χ0) is 14.2. The molecule has 3 N–H and O–H groups in total. The molecule has 1 amide bonds. The van der Waals surface area contributed by atoms with Crippen LogP contribution >= 0.6 is 0 Å². The minimum absolute atomic E-state index is 0.0194. The van der Waals surface area contributed by atoms with E-state index in [1.807, 2.05) is 12.1 Å². The van der Waals surface area contributed by atoms with Crippen LogP contribution in [0.25, 0.3) is 0 Å². The second-order valence-corrected chi connectivity index (χ2v) is 5.00. The van der Waals surface area contributed by atoms with Gasteiger partial charge >= 0.3 is 0 Å². The van der Waals surface area contributed by atoms with Gasteiger partial charge in [-0.05, 0) is 30.9 Å².